The molecule has 0 amide bonds. The lowest BCUT2D eigenvalue weighted by molar-refractivity contribution is 0.303. The highest BCUT2D eigenvalue weighted by Gasteiger charge is 2.04. The minimum absolute atomic E-state index is 0.697. The summed E-state index contributed by atoms with van der Waals surface area (Å²) in [6.07, 6.45) is 9.29. The van der Waals surface area contributed by atoms with Gasteiger partial charge in [0.1, 0.15) is 11.6 Å². The summed E-state index contributed by atoms with van der Waals surface area (Å²) in [6, 6.07) is 5.83. The minimum atomic E-state index is 0.697. The second-order valence-electron chi connectivity index (χ2n) is 4.93. The van der Waals surface area contributed by atoms with Gasteiger partial charge in [0.25, 0.3) is 0 Å². The Balaban J connectivity index is 1.57. The van der Waals surface area contributed by atoms with E-state index in [9.17, 15) is 0 Å². The molecule has 0 saturated carbocycles. The molecule has 108 valence electrons. The number of unbranched alkanes of at least 4 members (excludes halogenated alkanes) is 3. The van der Waals surface area contributed by atoms with Gasteiger partial charge in [0.05, 0.1) is 11.6 Å². The summed E-state index contributed by atoms with van der Waals surface area (Å²) >= 11 is 6.11. The fourth-order valence-electron chi connectivity index (χ4n) is 2.16. The summed E-state index contributed by atoms with van der Waals surface area (Å²) in [7, 11) is 0. The van der Waals surface area contributed by atoms with Crippen molar-refractivity contribution in [1.82, 2.24) is 9.97 Å². The molecule has 0 unspecified atom stereocenters. The van der Waals surface area contributed by atoms with Gasteiger partial charge in [-0.2, -0.15) is 0 Å². The molecule has 20 heavy (non-hydrogen) atoms. The number of nitrogens with zero attached hydrogens (tertiary/aromatic N) is 1. The van der Waals surface area contributed by atoms with E-state index in [0.29, 0.717) is 5.02 Å². The zero-order valence-electron chi connectivity index (χ0n) is 11.9. The minimum Gasteiger partial charge on any atom is -0.492 e. The normalized spacial score (nSPS) is 10.7. The lowest BCUT2D eigenvalue weighted by Gasteiger charge is -2.10. The van der Waals surface area contributed by atoms with Crippen LogP contribution in [0.4, 0.5) is 0 Å². The number of nitrogens with one attached hydrogen (secondary N) is 1. The number of para-hydroxylation sites is 1. The molecule has 0 aliphatic heterocycles. The predicted octanol–water partition coefficient (Wildman–Crippen LogP) is 4.55. The molecule has 0 bridgehead atoms. The van der Waals surface area contributed by atoms with Crippen LogP contribution in [0.5, 0.6) is 5.75 Å². The van der Waals surface area contributed by atoms with Crippen LogP contribution in [0.3, 0.4) is 0 Å². The lowest BCUT2D eigenvalue weighted by atomic mass is 10.1. The van der Waals surface area contributed by atoms with Crippen molar-refractivity contribution >= 4 is 11.6 Å². The molecular formula is C16H21ClN2O. The van der Waals surface area contributed by atoms with Gasteiger partial charge in [0, 0.05) is 18.8 Å². The summed E-state index contributed by atoms with van der Waals surface area (Å²) in [5, 5.41) is 0.697. The fourth-order valence-corrected chi connectivity index (χ4v) is 2.43. The lowest BCUT2D eigenvalue weighted by Crippen LogP contribution is -1.99. The van der Waals surface area contributed by atoms with E-state index in [1.807, 2.05) is 31.3 Å². The molecule has 2 rings (SSSR count). The number of H-pyrrole nitrogens is 1. The molecule has 3 nitrogen and oxygen atoms in total. The van der Waals surface area contributed by atoms with Gasteiger partial charge in [0.2, 0.25) is 0 Å². The van der Waals surface area contributed by atoms with E-state index >= 15 is 0 Å². The summed E-state index contributed by atoms with van der Waals surface area (Å²) in [4.78, 5) is 7.34. The van der Waals surface area contributed by atoms with Crippen LogP contribution in [-0.4, -0.2) is 16.6 Å². The number of hydrogen-bond acceptors (Lipinski definition) is 2. The quantitative estimate of drug-likeness (QED) is 0.725. The second kappa shape index (κ2) is 7.95. The van der Waals surface area contributed by atoms with Crippen LogP contribution in [-0.2, 0) is 6.42 Å². The standard InChI is InChI=1S/C16H21ClN2O/c1-13-7-6-8-14(17)16(13)20-12-5-3-2-4-9-15-18-10-11-19-15/h6-8,10-11H,2-5,9,12H2,1H3,(H,18,19). The number of imidazole rings is 1. The van der Waals surface area contributed by atoms with Crippen LogP contribution in [0.25, 0.3) is 0 Å². The van der Waals surface area contributed by atoms with Gasteiger partial charge in [-0.1, -0.05) is 36.6 Å². The first-order valence-electron chi connectivity index (χ1n) is 7.13. The Morgan fingerprint density at radius 1 is 1.20 bits per heavy atom. The summed E-state index contributed by atoms with van der Waals surface area (Å²) < 4.78 is 5.77. The molecule has 1 aromatic heterocycles. The van der Waals surface area contributed by atoms with E-state index in [4.69, 9.17) is 16.3 Å². The van der Waals surface area contributed by atoms with Crippen LogP contribution in [0.2, 0.25) is 5.02 Å². The molecule has 0 spiro atoms. The van der Waals surface area contributed by atoms with Gasteiger partial charge in [-0.3, -0.25) is 0 Å². The van der Waals surface area contributed by atoms with Gasteiger partial charge >= 0.3 is 0 Å². The second-order valence-corrected chi connectivity index (χ2v) is 5.34. The van der Waals surface area contributed by atoms with Gasteiger partial charge in [-0.15, -0.1) is 0 Å². The van der Waals surface area contributed by atoms with Crippen molar-refractivity contribution in [2.45, 2.75) is 39.0 Å². The first-order chi connectivity index (χ1) is 9.77. The number of ether oxygens (including phenoxy) is 1. The van der Waals surface area contributed by atoms with Crippen molar-refractivity contribution in [2.75, 3.05) is 6.61 Å². The Morgan fingerprint density at radius 3 is 2.80 bits per heavy atom. The third-order valence-corrected chi connectivity index (χ3v) is 3.57. The monoisotopic (exact) mass is 292 g/mol. The highest BCUT2D eigenvalue weighted by atomic mass is 35.5. The zero-order chi connectivity index (χ0) is 14.2. The average Bonchev–Trinajstić information content (AvgIpc) is 2.93. The van der Waals surface area contributed by atoms with Gasteiger partial charge in [-0.05, 0) is 31.4 Å². The smallest absolute Gasteiger partial charge is 0.140 e. The number of benzene rings is 1. The van der Waals surface area contributed by atoms with Crippen molar-refractivity contribution in [3.05, 3.63) is 47.0 Å². The van der Waals surface area contributed by atoms with E-state index in [1.165, 1.54) is 19.3 Å². The van der Waals surface area contributed by atoms with E-state index in [2.05, 4.69) is 9.97 Å². The Labute approximate surface area is 125 Å². The van der Waals surface area contributed by atoms with E-state index in [1.54, 1.807) is 6.20 Å². The molecular weight excluding hydrogens is 272 g/mol. The maximum atomic E-state index is 6.11. The summed E-state index contributed by atoms with van der Waals surface area (Å²) in [6.45, 7) is 2.75. The topological polar surface area (TPSA) is 37.9 Å². The Bertz CT molecular complexity index is 491. The first-order valence-corrected chi connectivity index (χ1v) is 7.51. The zero-order valence-corrected chi connectivity index (χ0v) is 12.6. The van der Waals surface area contributed by atoms with Gasteiger partial charge < -0.3 is 9.72 Å². The van der Waals surface area contributed by atoms with Crippen molar-refractivity contribution in [2.24, 2.45) is 0 Å². The Kier molecular flexibility index (Phi) is 5.93. The third kappa shape index (κ3) is 4.57. The molecule has 0 aliphatic rings. The first kappa shape index (κ1) is 14.9. The number of aromatic amines is 1. The molecule has 0 fully saturated rings. The molecule has 4 heteroatoms. The predicted molar refractivity (Wildman–Crippen MR) is 82.4 cm³/mol. The van der Waals surface area contributed by atoms with E-state index < -0.39 is 0 Å². The van der Waals surface area contributed by atoms with E-state index in [0.717, 1.165) is 36.6 Å². The average molecular weight is 293 g/mol. The SMILES string of the molecule is Cc1cccc(Cl)c1OCCCCCCc1ncc[nH]1. The maximum Gasteiger partial charge on any atom is 0.140 e. The molecule has 1 N–H and O–H groups in total. The van der Waals surface area contributed by atoms with Gasteiger partial charge in [0.15, 0.2) is 0 Å². The molecule has 0 atom stereocenters. The highest BCUT2D eigenvalue weighted by molar-refractivity contribution is 6.32. The summed E-state index contributed by atoms with van der Waals surface area (Å²) in [5.41, 5.74) is 1.09. The highest BCUT2D eigenvalue weighted by Crippen LogP contribution is 2.28. The Morgan fingerprint density at radius 2 is 2.05 bits per heavy atom. The number of rotatable bonds is 8. The van der Waals surface area contributed by atoms with E-state index in [-0.39, 0.29) is 0 Å². The van der Waals surface area contributed by atoms with Crippen molar-refractivity contribution in [1.29, 1.82) is 0 Å². The fraction of sp³-hybridized carbons (Fsp3) is 0.438. The largest absolute Gasteiger partial charge is 0.492 e. The van der Waals surface area contributed by atoms with Crippen LogP contribution in [0, 0.1) is 6.92 Å². The molecule has 0 aliphatic carbocycles. The van der Waals surface area contributed by atoms with Crippen LogP contribution in [0.15, 0.2) is 30.6 Å². The Hall–Kier alpha value is -1.48. The third-order valence-electron chi connectivity index (χ3n) is 3.27. The van der Waals surface area contributed by atoms with Crippen molar-refractivity contribution in [3.8, 4) is 5.75 Å². The van der Waals surface area contributed by atoms with Gasteiger partial charge in [-0.25, -0.2) is 4.98 Å². The molecule has 0 radical (unpaired) electrons. The maximum absolute atomic E-state index is 6.11. The van der Waals surface area contributed by atoms with Crippen molar-refractivity contribution < 1.29 is 4.74 Å². The van der Waals surface area contributed by atoms with Crippen LogP contribution < -0.4 is 4.74 Å². The molecule has 2 aromatic rings. The van der Waals surface area contributed by atoms with Crippen molar-refractivity contribution in [3.63, 3.8) is 0 Å². The molecule has 1 heterocycles. The molecule has 0 saturated heterocycles. The molecule has 1 aromatic carbocycles. The summed E-state index contributed by atoms with van der Waals surface area (Å²) in [5.74, 6) is 1.90. The number of aromatic nitrogens is 2. The number of aryl methyl sites for hydroxylation is 2. The van der Waals surface area contributed by atoms with Crippen LogP contribution in [0.1, 0.15) is 37.1 Å². The number of hydrogen-bond donors (Lipinski definition) is 1. The van der Waals surface area contributed by atoms with Crippen LogP contribution >= 0.6 is 11.6 Å². The number of halogens is 1.